The summed E-state index contributed by atoms with van der Waals surface area (Å²) in [4.78, 5) is 11.6. The Bertz CT molecular complexity index is 621. The molecule has 0 amide bonds. The van der Waals surface area contributed by atoms with Gasteiger partial charge in [0.05, 0.1) is 13.3 Å². The molecule has 0 saturated heterocycles. The van der Waals surface area contributed by atoms with E-state index in [1.165, 1.54) is 13.3 Å². The van der Waals surface area contributed by atoms with E-state index in [-0.39, 0.29) is 11.3 Å². The van der Waals surface area contributed by atoms with Crippen LogP contribution in [0.3, 0.4) is 0 Å². The molecular formula is C15H17NO3. The Balaban J connectivity index is 2.61. The van der Waals surface area contributed by atoms with Crippen LogP contribution in [0.2, 0.25) is 0 Å². The first kappa shape index (κ1) is 13.2. The Hall–Kier alpha value is -2.23. The summed E-state index contributed by atoms with van der Waals surface area (Å²) in [5, 5.41) is 9.89. The fourth-order valence-corrected chi connectivity index (χ4v) is 2.30. The molecule has 0 fully saturated rings. The number of nitrogens with zero attached hydrogens (tertiary/aromatic N) is 1. The van der Waals surface area contributed by atoms with Crippen molar-refractivity contribution >= 4 is 5.97 Å². The maximum Gasteiger partial charge on any atom is 0.343 e. The second-order valence-electron chi connectivity index (χ2n) is 4.68. The number of aryl methyl sites for hydroxylation is 2. The molecule has 0 atom stereocenters. The highest BCUT2D eigenvalue weighted by Gasteiger charge is 2.20. The highest BCUT2D eigenvalue weighted by atomic mass is 16.5. The summed E-state index contributed by atoms with van der Waals surface area (Å²) in [6.07, 6.45) is 1.54. The SMILES string of the molecule is COC(=O)c1c(O)cn(-c2cc(C)cc(C)c2)c1C. The molecule has 2 rings (SSSR count). The third-order valence-electron chi connectivity index (χ3n) is 3.10. The van der Waals surface area contributed by atoms with Crippen LogP contribution >= 0.6 is 0 Å². The Morgan fingerprint density at radius 2 is 1.74 bits per heavy atom. The van der Waals surface area contributed by atoms with Gasteiger partial charge in [-0.1, -0.05) is 6.07 Å². The molecule has 0 aliphatic rings. The predicted octanol–water partition coefficient (Wildman–Crippen LogP) is 2.89. The van der Waals surface area contributed by atoms with Crippen LogP contribution in [0.1, 0.15) is 27.2 Å². The zero-order valence-electron chi connectivity index (χ0n) is 11.5. The molecular weight excluding hydrogens is 242 g/mol. The fraction of sp³-hybridized carbons (Fsp3) is 0.267. The van der Waals surface area contributed by atoms with E-state index in [0.29, 0.717) is 5.69 Å². The first-order chi connectivity index (χ1) is 8.93. The van der Waals surface area contributed by atoms with Crippen molar-refractivity contribution < 1.29 is 14.6 Å². The Morgan fingerprint density at radius 1 is 1.16 bits per heavy atom. The normalized spacial score (nSPS) is 10.5. The number of methoxy groups -OCH3 is 1. The second-order valence-corrected chi connectivity index (χ2v) is 4.68. The average Bonchev–Trinajstić information content (AvgIpc) is 2.63. The van der Waals surface area contributed by atoms with Gasteiger partial charge in [0.25, 0.3) is 0 Å². The number of carbonyl (C=O) groups is 1. The van der Waals surface area contributed by atoms with Crippen LogP contribution < -0.4 is 0 Å². The maximum atomic E-state index is 11.6. The number of aromatic nitrogens is 1. The van der Waals surface area contributed by atoms with Crippen LogP contribution in [0.25, 0.3) is 5.69 Å². The number of ether oxygens (including phenoxy) is 1. The molecule has 0 aliphatic heterocycles. The summed E-state index contributed by atoms with van der Waals surface area (Å²) < 4.78 is 6.48. The van der Waals surface area contributed by atoms with E-state index in [2.05, 4.69) is 10.8 Å². The molecule has 0 saturated carbocycles. The van der Waals surface area contributed by atoms with Crippen molar-refractivity contribution in [3.05, 3.63) is 46.8 Å². The van der Waals surface area contributed by atoms with Crippen molar-refractivity contribution in [2.24, 2.45) is 0 Å². The van der Waals surface area contributed by atoms with Crippen LogP contribution in [0.15, 0.2) is 24.4 Å². The number of hydrogen-bond acceptors (Lipinski definition) is 3. The number of benzene rings is 1. The summed E-state index contributed by atoms with van der Waals surface area (Å²) in [5.41, 5.74) is 4.04. The molecule has 1 aromatic heterocycles. The van der Waals surface area contributed by atoms with Gasteiger partial charge in [0.1, 0.15) is 11.3 Å². The van der Waals surface area contributed by atoms with Crippen molar-refractivity contribution in [2.45, 2.75) is 20.8 Å². The summed E-state index contributed by atoms with van der Waals surface area (Å²) in [6.45, 7) is 5.80. The Kier molecular flexibility index (Phi) is 3.34. The third-order valence-corrected chi connectivity index (χ3v) is 3.10. The molecule has 4 heteroatoms. The van der Waals surface area contributed by atoms with Crippen LogP contribution in [-0.2, 0) is 4.74 Å². The van der Waals surface area contributed by atoms with Gasteiger partial charge in [-0.05, 0) is 44.0 Å². The van der Waals surface area contributed by atoms with Gasteiger partial charge in [0.2, 0.25) is 0 Å². The highest BCUT2D eigenvalue weighted by Crippen LogP contribution is 2.27. The van der Waals surface area contributed by atoms with Crippen molar-refractivity contribution in [3.8, 4) is 11.4 Å². The molecule has 0 spiro atoms. The van der Waals surface area contributed by atoms with Gasteiger partial charge in [0, 0.05) is 11.4 Å². The number of rotatable bonds is 2. The van der Waals surface area contributed by atoms with Gasteiger partial charge < -0.3 is 14.4 Å². The van der Waals surface area contributed by atoms with Gasteiger partial charge in [-0.15, -0.1) is 0 Å². The number of hydrogen-bond donors (Lipinski definition) is 1. The van der Waals surface area contributed by atoms with Crippen molar-refractivity contribution in [1.29, 1.82) is 0 Å². The average molecular weight is 259 g/mol. The van der Waals surface area contributed by atoms with Crippen LogP contribution in [-0.4, -0.2) is 22.8 Å². The van der Waals surface area contributed by atoms with E-state index in [1.54, 1.807) is 11.5 Å². The van der Waals surface area contributed by atoms with Crippen molar-refractivity contribution in [1.82, 2.24) is 4.57 Å². The quantitative estimate of drug-likeness (QED) is 0.844. The van der Waals surface area contributed by atoms with E-state index in [9.17, 15) is 9.90 Å². The summed E-state index contributed by atoms with van der Waals surface area (Å²) >= 11 is 0. The third kappa shape index (κ3) is 2.34. The fourth-order valence-electron chi connectivity index (χ4n) is 2.30. The van der Waals surface area contributed by atoms with E-state index in [4.69, 9.17) is 0 Å². The summed E-state index contributed by atoms with van der Waals surface area (Å²) in [5.74, 6) is -0.596. The van der Waals surface area contributed by atoms with Gasteiger partial charge in [-0.25, -0.2) is 4.79 Å². The topological polar surface area (TPSA) is 51.5 Å². The minimum Gasteiger partial charge on any atom is -0.505 e. The lowest BCUT2D eigenvalue weighted by Crippen LogP contribution is -2.04. The largest absolute Gasteiger partial charge is 0.505 e. The summed E-state index contributed by atoms with van der Waals surface area (Å²) in [6, 6.07) is 6.07. The lowest BCUT2D eigenvalue weighted by molar-refractivity contribution is 0.0597. The molecule has 19 heavy (non-hydrogen) atoms. The first-order valence-corrected chi connectivity index (χ1v) is 6.02. The zero-order chi connectivity index (χ0) is 14.2. The van der Waals surface area contributed by atoms with Gasteiger partial charge in [0.15, 0.2) is 0 Å². The van der Waals surface area contributed by atoms with Gasteiger partial charge in [-0.3, -0.25) is 0 Å². The Morgan fingerprint density at radius 3 is 2.26 bits per heavy atom. The number of carbonyl (C=O) groups excluding carboxylic acids is 1. The standard InChI is InChI=1S/C15H17NO3/c1-9-5-10(2)7-12(6-9)16-8-13(17)14(11(16)3)15(18)19-4/h5-8,17H,1-4H3. The molecule has 100 valence electrons. The lowest BCUT2D eigenvalue weighted by Gasteiger charge is -2.09. The Labute approximate surface area is 112 Å². The van der Waals surface area contributed by atoms with E-state index < -0.39 is 5.97 Å². The molecule has 1 N–H and O–H groups in total. The molecule has 0 bridgehead atoms. The summed E-state index contributed by atoms with van der Waals surface area (Å²) in [7, 11) is 1.30. The zero-order valence-corrected chi connectivity index (χ0v) is 11.5. The van der Waals surface area contributed by atoms with Crippen LogP contribution in [0.5, 0.6) is 5.75 Å². The van der Waals surface area contributed by atoms with E-state index in [0.717, 1.165) is 16.8 Å². The predicted molar refractivity (Wildman–Crippen MR) is 73.0 cm³/mol. The molecule has 2 aromatic rings. The number of aromatic hydroxyl groups is 1. The molecule has 0 aliphatic carbocycles. The van der Waals surface area contributed by atoms with Gasteiger partial charge >= 0.3 is 5.97 Å². The molecule has 0 unspecified atom stereocenters. The molecule has 0 radical (unpaired) electrons. The van der Waals surface area contributed by atoms with E-state index >= 15 is 0 Å². The van der Waals surface area contributed by atoms with Crippen LogP contribution in [0, 0.1) is 20.8 Å². The molecule has 1 heterocycles. The van der Waals surface area contributed by atoms with Gasteiger partial charge in [-0.2, -0.15) is 0 Å². The number of esters is 1. The smallest absolute Gasteiger partial charge is 0.343 e. The lowest BCUT2D eigenvalue weighted by atomic mass is 10.1. The minimum absolute atomic E-state index is 0.0662. The van der Waals surface area contributed by atoms with Crippen LogP contribution in [0.4, 0.5) is 0 Å². The monoisotopic (exact) mass is 259 g/mol. The molecule has 1 aromatic carbocycles. The van der Waals surface area contributed by atoms with E-state index in [1.807, 2.05) is 26.0 Å². The first-order valence-electron chi connectivity index (χ1n) is 6.02. The van der Waals surface area contributed by atoms with Crippen molar-refractivity contribution in [3.63, 3.8) is 0 Å². The minimum atomic E-state index is -0.530. The highest BCUT2D eigenvalue weighted by molar-refractivity contribution is 5.94. The second kappa shape index (κ2) is 4.80. The van der Waals surface area contributed by atoms with Crippen molar-refractivity contribution in [2.75, 3.05) is 7.11 Å². The maximum absolute atomic E-state index is 11.6. The molecule has 4 nitrogen and oxygen atoms in total.